The van der Waals surface area contributed by atoms with Crippen LogP contribution in [0.3, 0.4) is 0 Å². The van der Waals surface area contributed by atoms with Crippen molar-refractivity contribution in [2.45, 2.75) is 31.2 Å². The summed E-state index contributed by atoms with van der Waals surface area (Å²) < 4.78 is 61.7. The highest BCUT2D eigenvalue weighted by atomic mass is 19.4. The molecular weight excluding hydrogens is 512 g/mol. The molecule has 13 heteroatoms. The van der Waals surface area contributed by atoms with Gasteiger partial charge in [0.2, 0.25) is 5.43 Å². The van der Waals surface area contributed by atoms with Crippen molar-refractivity contribution < 1.29 is 37.0 Å². The fourth-order valence-electron chi connectivity index (χ4n) is 5.22. The molecule has 1 N–H and O–H groups in total. The topological polar surface area (TPSA) is 106 Å². The molecule has 0 unspecified atom stereocenters. The number of carbonyl (C=O) groups is 1. The molecule has 1 aromatic carbocycles. The molecular formula is C25H20F4N4O5. The Balaban J connectivity index is 1.40. The van der Waals surface area contributed by atoms with Gasteiger partial charge in [0.05, 0.1) is 36.2 Å². The Kier molecular flexibility index (Phi) is 5.37. The standard InChI is InChI=1S/C25H20F4N4O5/c1-37-23-20-13(22(34)15(24(35)36)9-33(20)12-3-4-12)6-16(26)21(23)32-8-14-17(10-32)38-31-19(14)11-2-5-18(30-7-11)25(27,28)29/h2,5-7,9,12,14,17H,3-4,8,10H2,1H3,(H,35,36)/t14-,17+/m1/s1. The molecule has 0 radical (unpaired) electrons. The third-order valence-corrected chi connectivity index (χ3v) is 7.14. The number of oxime groups is 1. The minimum absolute atomic E-state index is 0.0457. The summed E-state index contributed by atoms with van der Waals surface area (Å²) in [5.41, 5.74) is -1.13. The second-order valence-corrected chi connectivity index (χ2v) is 9.51. The molecule has 2 atom stereocenters. The van der Waals surface area contributed by atoms with Crippen LogP contribution in [0.2, 0.25) is 0 Å². The molecule has 2 fully saturated rings. The first-order chi connectivity index (χ1) is 18.1. The third-order valence-electron chi connectivity index (χ3n) is 7.14. The van der Waals surface area contributed by atoms with Gasteiger partial charge in [-0.15, -0.1) is 0 Å². The number of anilines is 1. The highest BCUT2D eigenvalue weighted by molar-refractivity contribution is 6.04. The minimum atomic E-state index is -4.57. The Labute approximate surface area is 211 Å². The minimum Gasteiger partial charge on any atom is -0.492 e. The van der Waals surface area contributed by atoms with E-state index in [2.05, 4.69) is 10.1 Å². The number of carboxylic acids is 1. The van der Waals surface area contributed by atoms with Gasteiger partial charge in [0.15, 0.2) is 17.7 Å². The molecule has 198 valence electrons. The molecule has 0 amide bonds. The van der Waals surface area contributed by atoms with E-state index < -0.39 is 40.8 Å². The van der Waals surface area contributed by atoms with Crippen LogP contribution in [-0.2, 0) is 11.0 Å². The number of carboxylic acid groups (broad SMARTS) is 1. The van der Waals surface area contributed by atoms with Crippen LogP contribution >= 0.6 is 0 Å². The molecule has 6 rings (SSSR count). The summed E-state index contributed by atoms with van der Waals surface area (Å²) in [6, 6.07) is 3.13. The average molecular weight is 532 g/mol. The Morgan fingerprint density at radius 2 is 2.00 bits per heavy atom. The SMILES string of the molecule is COc1c(N2C[C@@H]3ON=C(c4ccc(C(F)(F)F)nc4)[C@@H]3C2)c(F)cc2c(=O)c(C(=O)O)cn(C3CC3)c12. The van der Waals surface area contributed by atoms with Crippen molar-refractivity contribution in [3.8, 4) is 5.75 Å². The smallest absolute Gasteiger partial charge is 0.433 e. The maximum atomic E-state index is 15.6. The zero-order chi connectivity index (χ0) is 26.9. The van der Waals surface area contributed by atoms with Crippen molar-refractivity contribution in [2.24, 2.45) is 11.1 Å². The first-order valence-electron chi connectivity index (χ1n) is 11.8. The zero-order valence-corrected chi connectivity index (χ0v) is 19.8. The fourth-order valence-corrected chi connectivity index (χ4v) is 5.22. The molecule has 0 bridgehead atoms. The number of ether oxygens (including phenoxy) is 1. The second-order valence-electron chi connectivity index (χ2n) is 9.51. The number of alkyl halides is 3. The van der Waals surface area contributed by atoms with E-state index in [1.807, 2.05) is 0 Å². The molecule has 2 aliphatic heterocycles. The van der Waals surface area contributed by atoms with Crippen LogP contribution in [0.25, 0.3) is 10.9 Å². The van der Waals surface area contributed by atoms with Gasteiger partial charge < -0.3 is 24.1 Å². The summed E-state index contributed by atoms with van der Waals surface area (Å²) in [6.07, 6.45) is -1.16. The summed E-state index contributed by atoms with van der Waals surface area (Å²) in [4.78, 5) is 35.3. The van der Waals surface area contributed by atoms with Gasteiger partial charge in [0.25, 0.3) is 0 Å². The van der Waals surface area contributed by atoms with Crippen molar-refractivity contribution >= 4 is 28.3 Å². The molecule has 0 spiro atoms. The van der Waals surface area contributed by atoms with Gasteiger partial charge in [0.1, 0.15) is 16.9 Å². The van der Waals surface area contributed by atoms with E-state index in [0.717, 1.165) is 31.2 Å². The third kappa shape index (κ3) is 3.75. The monoisotopic (exact) mass is 532 g/mol. The zero-order valence-electron chi connectivity index (χ0n) is 19.8. The number of hydrogen-bond donors (Lipinski definition) is 1. The lowest BCUT2D eigenvalue weighted by Gasteiger charge is -2.25. The summed E-state index contributed by atoms with van der Waals surface area (Å²) in [6.45, 7) is 0.412. The summed E-state index contributed by atoms with van der Waals surface area (Å²) >= 11 is 0. The van der Waals surface area contributed by atoms with E-state index in [1.54, 1.807) is 9.47 Å². The lowest BCUT2D eigenvalue weighted by atomic mass is 9.96. The molecule has 38 heavy (non-hydrogen) atoms. The van der Waals surface area contributed by atoms with Crippen molar-refractivity contribution in [2.75, 3.05) is 25.1 Å². The lowest BCUT2D eigenvalue weighted by molar-refractivity contribution is -0.141. The van der Waals surface area contributed by atoms with E-state index in [9.17, 15) is 27.9 Å². The van der Waals surface area contributed by atoms with Crippen LogP contribution in [0.1, 0.15) is 40.5 Å². The van der Waals surface area contributed by atoms with Gasteiger partial charge in [-0.3, -0.25) is 9.78 Å². The lowest BCUT2D eigenvalue weighted by Crippen LogP contribution is -2.26. The van der Waals surface area contributed by atoms with Crippen LogP contribution < -0.4 is 15.1 Å². The quantitative estimate of drug-likeness (QED) is 0.498. The maximum absolute atomic E-state index is 15.6. The summed E-state index contributed by atoms with van der Waals surface area (Å²) in [5.74, 6) is -2.46. The van der Waals surface area contributed by atoms with Gasteiger partial charge in [-0.2, -0.15) is 13.2 Å². The van der Waals surface area contributed by atoms with Gasteiger partial charge >= 0.3 is 12.1 Å². The van der Waals surface area contributed by atoms with Crippen molar-refractivity contribution in [3.63, 3.8) is 0 Å². The maximum Gasteiger partial charge on any atom is 0.433 e. The van der Waals surface area contributed by atoms with E-state index in [4.69, 9.17) is 9.57 Å². The molecule has 2 aromatic heterocycles. The highest BCUT2D eigenvalue weighted by Crippen LogP contribution is 2.45. The first kappa shape index (κ1) is 24.2. The van der Waals surface area contributed by atoms with Crippen molar-refractivity contribution in [1.82, 2.24) is 9.55 Å². The number of methoxy groups -OCH3 is 1. The van der Waals surface area contributed by atoms with Gasteiger partial charge in [-0.05, 0) is 31.0 Å². The number of aromatic carboxylic acids is 1. The van der Waals surface area contributed by atoms with Crippen LogP contribution in [0.5, 0.6) is 5.75 Å². The largest absolute Gasteiger partial charge is 0.492 e. The van der Waals surface area contributed by atoms with Gasteiger partial charge in [-0.25, -0.2) is 9.18 Å². The van der Waals surface area contributed by atoms with Gasteiger partial charge in [0, 0.05) is 30.5 Å². The van der Waals surface area contributed by atoms with Crippen LogP contribution in [0.4, 0.5) is 23.2 Å². The number of pyridine rings is 2. The number of hydrogen-bond acceptors (Lipinski definition) is 7. The predicted octanol–water partition coefficient (Wildman–Crippen LogP) is 3.84. The number of fused-ring (bicyclic) bond motifs is 2. The number of aromatic nitrogens is 2. The van der Waals surface area contributed by atoms with Crippen molar-refractivity contribution in [1.29, 1.82) is 0 Å². The number of benzene rings is 1. The molecule has 4 heterocycles. The van der Waals surface area contributed by atoms with Crippen LogP contribution in [0.15, 0.2) is 40.5 Å². The molecule has 1 saturated heterocycles. The molecule has 9 nitrogen and oxygen atoms in total. The molecule has 1 saturated carbocycles. The second kappa shape index (κ2) is 8.43. The van der Waals surface area contributed by atoms with Crippen LogP contribution in [-0.4, -0.2) is 52.6 Å². The number of rotatable bonds is 5. The molecule has 3 aromatic rings. The Morgan fingerprint density at radius 1 is 1.24 bits per heavy atom. The fraction of sp³-hybridized carbons (Fsp3) is 0.360. The predicted molar refractivity (Wildman–Crippen MR) is 126 cm³/mol. The van der Waals surface area contributed by atoms with Crippen molar-refractivity contribution in [3.05, 3.63) is 63.5 Å². The van der Waals surface area contributed by atoms with Gasteiger partial charge in [-0.1, -0.05) is 5.16 Å². The Morgan fingerprint density at radius 3 is 2.61 bits per heavy atom. The Hall–Kier alpha value is -4.16. The van der Waals surface area contributed by atoms with E-state index in [-0.39, 0.29) is 41.9 Å². The summed E-state index contributed by atoms with van der Waals surface area (Å²) in [7, 11) is 1.35. The van der Waals surface area contributed by atoms with Crippen LogP contribution in [0, 0.1) is 11.7 Å². The first-order valence-corrected chi connectivity index (χ1v) is 11.8. The number of nitrogens with zero attached hydrogens (tertiary/aromatic N) is 4. The van der Waals surface area contributed by atoms with E-state index in [0.29, 0.717) is 16.8 Å². The van der Waals surface area contributed by atoms with E-state index in [1.165, 1.54) is 19.4 Å². The average Bonchev–Trinajstić information content (AvgIpc) is 3.51. The highest BCUT2D eigenvalue weighted by Gasteiger charge is 2.45. The number of halogens is 4. The summed E-state index contributed by atoms with van der Waals surface area (Å²) in [5, 5.41) is 13.5. The molecule has 1 aliphatic carbocycles. The van der Waals surface area contributed by atoms with E-state index >= 15 is 4.39 Å². The molecule has 3 aliphatic rings. The Bertz CT molecular complexity index is 1560. The normalized spacial score (nSPS) is 20.9.